The van der Waals surface area contributed by atoms with Crippen LogP contribution in [0.1, 0.15) is 65.0 Å². The van der Waals surface area contributed by atoms with E-state index in [-0.39, 0.29) is 23.1 Å². The normalized spacial score (nSPS) is 25.5. The van der Waals surface area contributed by atoms with Crippen LogP contribution in [-0.4, -0.2) is 46.0 Å². The molecule has 2 fully saturated rings. The van der Waals surface area contributed by atoms with Crippen LogP contribution in [0.3, 0.4) is 0 Å². The number of anilines is 1. The Bertz CT molecular complexity index is 644. The Hall–Kier alpha value is -1.56. The molecule has 1 N–H and O–H groups in total. The van der Waals surface area contributed by atoms with E-state index in [2.05, 4.69) is 38.1 Å². The van der Waals surface area contributed by atoms with E-state index >= 15 is 0 Å². The van der Waals surface area contributed by atoms with Crippen LogP contribution < -0.4 is 5.32 Å². The van der Waals surface area contributed by atoms with E-state index in [4.69, 9.17) is 4.74 Å². The highest BCUT2D eigenvalue weighted by Gasteiger charge is 2.54. The van der Waals surface area contributed by atoms with Crippen molar-refractivity contribution in [2.24, 2.45) is 12.5 Å². The Kier molecular flexibility index (Phi) is 4.60. The van der Waals surface area contributed by atoms with E-state index < -0.39 is 0 Å². The van der Waals surface area contributed by atoms with E-state index in [9.17, 15) is 4.79 Å². The van der Waals surface area contributed by atoms with Gasteiger partial charge < -0.3 is 15.0 Å². The molecule has 6 nitrogen and oxygen atoms in total. The maximum absolute atomic E-state index is 13.1. The maximum atomic E-state index is 13.1. The third-order valence-electron chi connectivity index (χ3n) is 5.93. The van der Waals surface area contributed by atoms with Crippen LogP contribution in [0, 0.1) is 5.41 Å². The number of amides is 2. The summed E-state index contributed by atoms with van der Waals surface area (Å²) >= 11 is 0. The SMILES string of the molecule is COC1C(C)(C)CN(C(=O)Nc2cn(C)nc2C2CCCC2)C1(C)C. The van der Waals surface area contributed by atoms with E-state index in [0.717, 1.165) is 24.2 Å². The molecule has 3 rings (SSSR count). The molecule has 1 saturated carbocycles. The first-order chi connectivity index (χ1) is 11.7. The van der Waals surface area contributed by atoms with Crippen LogP contribution >= 0.6 is 0 Å². The molecule has 2 heterocycles. The molecule has 140 valence electrons. The number of rotatable bonds is 3. The number of nitrogens with one attached hydrogen (secondary N) is 1. The average Bonchev–Trinajstić information content (AvgIpc) is 3.17. The van der Waals surface area contributed by atoms with Gasteiger partial charge in [-0.05, 0) is 26.7 Å². The van der Waals surface area contributed by atoms with Gasteiger partial charge in [0.2, 0.25) is 0 Å². The predicted molar refractivity (Wildman–Crippen MR) is 98.8 cm³/mol. The maximum Gasteiger partial charge on any atom is 0.322 e. The van der Waals surface area contributed by atoms with E-state index in [1.54, 1.807) is 11.8 Å². The second kappa shape index (κ2) is 6.31. The minimum Gasteiger partial charge on any atom is -0.378 e. The number of methoxy groups -OCH3 is 1. The van der Waals surface area contributed by atoms with Crippen molar-refractivity contribution in [1.29, 1.82) is 0 Å². The van der Waals surface area contributed by atoms with Crippen molar-refractivity contribution in [1.82, 2.24) is 14.7 Å². The number of nitrogens with zero attached hydrogens (tertiary/aromatic N) is 3. The number of likely N-dealkylation sites (tertiary alicyclic amines) is 1. The molecule has 6 heteroatoms. The zero-order valence-corrected chi connectivity index (χ0v) is 16.4. The van der Waals surface area contributed by atoms with Gasteiger partial charge in [-0.2, -0.15) is 5.10 Å². The van der Waals surface area contributed by atoms with Gasteiger partial charge in [-0.1, -0.05) is 26.7 Å². The smallest absolute Gasteiger partial charge is 0.322 e. The van der Waals surface area contributed by atoms with Crippen molar-refractivity contribution < 1.29 is 9.53 Å². The van der Waals surface area contributed by atoms with Crippen LogP contribution in [0.2, 0.25) is 0 Å². The lowest BCUT2D eigenvalue weighted by Crippen LogP contribution is -2.50. The fourth-order valence-corrected chi connectivity index (χ4v) is 5.02. The average molecular weight is 348 g/mol. The Morgan fingerprint density at radius 3 is 2.48 bits per heavy atom. The summed E-state index contributed by atoms with van der Waals surface area (Å²) in [6.07, 6.45) is 6.73. The summed E-state index contributed by atoms with van der Waals surface area (Å²) in [7, 11) is 3.65. The number of urea groups is 1. The molecule has 1 atom stereocenters. The Labute approximate surface area is 150 Å². The Morgan fingerprint density at radius 2 is 1.92 bits per heavy atom. The molecule has 1 aliphatic heterocycles. The fraction of sp³-hybridized carbons (Fsp3) is 0.789. The summed E-state index contributed by atoms with van der Waals surface area (Å²) in [6, 6.07) is -0.0649. The van der Waals surface area contributed by atoms with E-state index in [1.165, 1.54) is 12.8 Å². The third kappa shape index (κ3) is 3.16. The highest BCUT2D eigenvalue weighted by molar-refractivity contribution is 5.90. The van der Waals surface area contributed by atoms with Crippen molar-refractivity contribution in [3.8, 4) is 0 Å². The minimum absolute atomic E-state index is 0.00560. The number of carbonyl (C=O) groups excluding carboxylic acids is 1. The molecule has 1 saturated heterocycles. The molecule has 25 heavy (non-hydrogen) atoms. The van der Waals surface area contributed by atoms with Crippen LogP contribution in [0.15, 0.2) is 6.20 Å². The first-order valence-electron chi connectivity index (χ1n) is 9.32. The molecule has 2 aliphatic rings. The lowest BCUT2D eigenvalue weighted by Gasteiger charge is -2.36. The second-order valence-electron chi connectivity index (χ2n) is 8.86. The summed E-state index contributed by atoms with van der Waals surface area (Å²) in [5.41, 5.74) is 1.44. The van der Waals surface area contributed by atoms with Gasteiger partial charge in [-0.15, -0.1) is 0 Å². The summed E-state index contributed by atoms with van der Waals surface area (Å²) in [6.45, 7) is 9.14. The highest BCUT2D eigenvalue weighted by Crippen LogP contribution is 2.43. The topological polar surface area (TPSA) is 59.4 Å². The third-order valence-corrected chi connectivity index (χ3v) is 5.93. The standard InChI is InChI=1S/C19H32N4O2/c1-18(2)12-23(19(3,4)16(18)25-6)17(24)20-14-11-22(5)21-15(14)13-9-7-8-10-13/h11,13,16H,7-10,12H2,1-6H3,(H,20,24). The Balaban J connectivity index is 1.81. The second-order valence-corrected chi connectivity index (χ2v) is 8.86. The molecule has 0 aromatic carbocycles. The number of carbonyl (C=O) groups is 1. The van der Waals surface area contributed by atoms with Crippen LogP contribution in [0.5, 0.6) is 0 Å². The van der Waals surface area contributed by atoms with Gasteiger partial charge in [0.05, 0.1) is 23.0 Å². The van der Waals surface area contributed by atoms with Crippen molar-refractivity contribution in [3.63, 3.8) is 0 Å². The molecule has 0 radical (unpaired) electrons. The first-order valence-corrected chi connectivity index (χ1v) is 9.32. The van der Waals surface area contributed by atoms with Gasteiger partial charge in [0.15, 0.2) is 0 Å². The van der Waals surface area contributed by atoms with Crippen molar-refractivity contribution in [2.45, 2.75) is 70.9 Å². The van der Waals surface area contributed by atoms with Crippen LogP contribution in [0.25, 0.3) is 0 Å². The highest BCUT2D eigenvalue weighted by atomic mass is 16.5. The predicted octanol–water partition coefficient (Wildman–Crippen LogP) is 3.75. The van der Waals surface area contributed by atoms with Gasteiger partial charge in [-0.25, -0.2) is 4.79 Å². The number of aromatic nitrogens is 2. The molecule has 0 spiro atoms. The summed E-state index contributed by atoms with van der Waals surface area (Å²) < 4.78 is 7.55. The van der Waals surface area contributed by atoms with E-state index in [0.29, 0.717) is 12.5 Å². The van der Waals surface area contributed by atoms with Gasteiger partial charge in [0.25, 0.3) is 0 Å². The van der Waals surface area contributed by atoms with Crippen molar-refractivity contribution >= 4 is 11.7 Å². The molecule has 1 aromatic rings. The zero-order chi connectivity index (χ0) is 18.4. The number of ether oxygens (including phenoxy) is 1. The molecule has 1 aromatic heterocycles. The largest absolute Gasteiger partial charge is 0.378 e. The monoisotopic (exact) mass is 348 g/mol. The fourth-order valence-electron chi connectivity index (χ4n) is 5.02. The molecule has 1 unspecified atom stereocenters. The quantitative estimate of drug-likeness (QED) is 0.905. The summed E-state index contributed by atoms with van der Waals surface area (Å²) in [5, 5.41) is 7.76. The van der Waals surface area contributed by atoms with Crippen LogP contribution in [0.4, 0.5) is 10.5 Å². The first kappa shape index (κ1) is 18.2. The summed E-state index contributed by atoms with van der Waals surface area (Å²) in [4.78, 5) is 15.0. The lowest BCUT2D eigenvalue weighted by atomic mass is 9.82. The van der Waals surface area contributed by atoms with Gasteiger partial charge in [0, 0.05) is 38.2 Å². The molecule has 1 aliphatic carbocycles. The van der Waals surface area contributed by atoms with Gasteiger partial charge >= 0.3 is 6.03 Å². The van der Waals surface area contributed by atoms with Gasteiger partial charge in [-0.3, -0.25) is 4.68 Å². The van der Waals surface area contributed by atoms with Crippen LogP contribution in [-0.2, 0) is 11.8 Å². The van der Waals surface area contributed by atoms with Gasteiger partial charge in [0.1, 0.15) is 0 Å². The van der Waals surface area contributed by atoms with Crippen molar-refractivity contribution in [3.05, 3.63) is 11.9 Å². The molecular weight excluding hydrogens is 316 g/mol. The van der Waals surface area contributed by atoms with E-state index in [1.807, 2.05) is 18.1 Å². The lowest BCUT2D eigenvalue weighted by molar-refractivity contribution is -0.0109. The van der Waals surface area contributed by atoms with Crippen molar-refractivity contribution in [2.75, 3.05) is 19.0 Å². The summed E-state index contributed by atoms with van der Waals surface area (Å²) in [5.74, 6) is 0.464. The molecule has 2 amide bonds. The minimum atomic E-state index is -0.363. The number of hydrogen-bond acceptors (Lipinski definition) is 3. The number of aryl methyl sites for hydroxylation is 1. The molecular formula is C19H32N4O2. The molecule has 0 bridgehead atoms. The zero-order valence-electron chi connectivity index (χ0n) is 16.4. The Morgan fingerprint density at radius 1 is 1.28 bits per heavy atom. The number of hydrogen-bond donors (Lipinski definition) is 1.